The van der Waals surface area contributed by atoms with Crippen molar-refractivity contribution >= 4 is 40.4 Å². The van der Waals surface area contributed by atoms with Crippen LogP contribution in [0.3, 0.4) is 0 Å². The second kappa shape index (κ2) is 11.1. The zero-order valence-corrected chi connectivity index (χ0v) is 20.8. The number of piperidine rings is 1. The maximum Gasteiger partial charge on any atom is 0.313 e. The van der Waals surface area contributed by atoms with Crippen LogP contribution in [0, 0.1) is 5.92 Å². The van der Waals surface area contributed by atoms with E-state index in [0.717, 1.165) is 56.6 Å². The van der Waals surface area contributed by atoms with Crippen LogP contribution in [0.25, 0.3) is 0 Å². The van der Waals surface area contributed by atoms with Gasteiger partial charge >= 0.3 is 11.8 Å². The number of hydrogen-bond acceptors (Lipinski definition) is 5. The number of benzene rings is 1. The van der Waals surface area contributed by atoms with Crippen molar-refractivity contribution < 1.29 is 14.4 Å². The Morgan fingerprint density at radius 1 is 1.09 bits per heavy atom. The summed E-state index contributed by atoms with van der Waals surface area (Å²) in [6.07, 6.45) is 4.08. The molecule has 0 spiro atoms. The van der Waals surface area contributed by atoms with Crippen molar-refractivity contribution in [3.05, 3.63) is 46.2 Å². The lowest BCUT2D eigenvalue weighted by atomic mass is 9.95. The first-order valence-electron chi connectivity index (χ1n) is 12.2. The summed E-state index contributed by atoms with van der Waals surface area (Å²) in [5.74, 6) is -0.715. The minimum absolute atomic E-state index is 0.0709. The molecular formula is C26H34N4O3S. The summed E-state index contributed by atoms with van der Waals surface area (Å²) in [4.78, 5) is 43.0. The summed E-state index contributed by atoms with van der Waals surface area (Å²) >= 11 is 1.83. The van der Waals surface area contributed by atoms with Gasteiger partial charge in [0, 0.05) is 41.8 Å². The third kappa shape index (κ3) is 5.85. The predicted octanol–water partition coefficient (Wildman–Crippen LogP) is 3.62. The third-order valence-corrected chi connectivity index (χ3v) is 7.71. The lowest BCUT2D eigenvalue weighted by molar-refractivity contribution is -0.136. The Kier molecular flexibility index (Phi) is 8.00. The van der Waals surface area contributed by atoms with E-state index in [-0.39, 0.29) is 11.8 Å². The highest BCUT2D eigenvalue weighted by atomic mass is 32.1. The summed E-state index contributed by atoms with van der Waals surface area (Å²) in [5, 5.41) is 7.56. The highest BCUT2D eigenvalue weighted by molar-refractivity contribution is 7.10. The molecule has 2 aliphatic rings. The number of hydrogen-bond donors (Lipinski definition) is 2. The molecule has 0 atom stereocenters. The van der Waals surface area contributed by atoms with Crippen molar-refractivity contribution in [3.8, 4) is 0 Å². The molecule has 2 aromatic rings. The fraction of sp³-hybridized carbons (Fsp3) is 0.500. The molecule has 0 bridgehead atoms. The number of carbonyl (C=O) groups excluding carboxylic acids is 3. The fourth-order valence-corrected chi connectivity index (χ4v) is 5.65. The van der Waals surface area contributed by atoms with Crippen LogP contribution < -0.4 is 15.5 Å². The average Bonchev–Trinajstić information content (AvgIpc) is 3.38. The Hall–Kier alpha value is -2.71. The maximum atomic E-state index is 12.6. The molecule has 3 amide bonds. The largest absolute Gasteiger partial charge is 0.347 e. The highest BCUT2D eigenvalue weighted by Gasteiger charge is 2.25. The molecule has 34 heavy (non-hydrogen) atoms. The zero-order valence-electron chi connectivity index (χ0n) is 20.0. The van der Waals surface area contributed by atoms with Gasteiger partial charge in [-0.1, -0.05) is 26.0 Å². The number of likely N-dealkylation sites (tertiary alicyclic amines) is 1. The maximum absolute atomic E-state index is 12.6. The van der Waals surface area contributed by atoms with Crippen LogP contribution in [-0.2, 0) is 20.8 Å². The number of rotatable bonds is 6. The number of amides is 3. The van der Waals surface area contributed by atoms with Crippen molar-refractivity contribution in [2.75, 3.05) is 42.9 Å². The number of carbonyl (C=O) groups is 3. The van der Waals surface area contributed by atoms with Crippen molar-refractivity contribution in [2.24, 2.45) is 5.92 Å². The zero-order chi connectivity index (χ0) is 24.1. The number of nitrogens with zero attached hydrogens (tertiary/aromatic N) is 2. The van der Waals surface area contributed by atoms with E-state index in [1.807, 2.05) is 31.3 Å². The molecule has 182 valence electrons. The molecule has 3 heterocycles. The topological polar surface area (TPSA) is 81.8 Å². The van der Waals surface area contributed by atoms with E-state index in [9.17, 15) is 14.4 Å². The number of thiophene rings is 1. The Morgan fingerprint density at radius 2 is 1.88 bits per heavy atom. The molecule has 1 saturated heterocycles. The quantitative estimate of drug-likeness (QED) is 0.617. The molecule has 0 unspecified atom stereocenters. The van der Waals surface area contributed by atoms with Gasteiger partial charge in [0.15, 0.2) is 0 Å². The monoisotopic (exact) mass is 482 g/mol. The summed E-state index contributed by atoms with van der Waals surface area (Å²) in [5.41, 5.74) is 2.44. The minimum atomic E-state index is -0.686. The standard InChI is InChI=1S/C26H34N4O3S/c1-18(2)26(33)30-12-3-5-19-7-8-21(17-22(19)30)28-25(32)24(31)27-11-15-29-13-9-20(10-14-29)23-6-4-16-34-23/h4,6-8,16-18,20H,3,5,9-15H2,1-2H3,(H,27,31)(H,28,32). The van der Waals surface area contributed by atoms with Crippen molar-refractivity contribution in [1.29, 1.82) is 0 Å². The summed E-state index contributed by atoms with van der Waals surface area (Å²) in [6, 6.07) is 9.86. The molecule has 8 heteroatoms. The SMILES string of the molecule is CC(C)C(=O)N1CCCc2ccc(NC(=O)C(=O)NCCN3CCC(c4cccs4)CC3)cc21. The van der Waals surface area contributed by atoms with E-state index >= 15 is 0 Å². The van der Waals surface area contributed by atoms with Gasteiger partial charge in [-0.15, -0.1) is 11.3 Å². The lowest BCUT2D eigenvalue weighted by Crippen LogP contribution is -2.42. The Morgan fingerprint density at radius 3 is 2.59 bits per heavy atom. The van der Waals surface area contributed by atoms with Crippen LogP contribution in [0.4, 0.5) is 11.4 Å². The number of anilines is 2. The smallest absolute Gasteiger partial charge is 0.313 e. The van der Waals surface area contributed by atoms with Crippen LogP contribution in [0.2, 0.25) is 0 Å². The third-order valence-electron chi connectivity index (χ3n) is 6.67. The molecule has 1 aromatic heterocycles. The summed E-state index contributed by atoms with van der Waals surface area (Å²) in [7, 11) is 0. The van der Waals surface area contributed by atoms with Gasteiger partial charge in [-0.3, -0.25) is 14.4 Å². The molecule has 1 fully saturated rings. The molecule has 0 saturated carbocycles. The van der Waals surface area contributed by atoms with Gasteiger partial charge in [-0.25, -0.2) is 0 Å². The predicted molar refractivity (Wildman–Crippen MR) is 136 cm³/mol. The van der Waals surface area contributed by atoms with E-state index in [0.29, 0.717) is 24.7 Å². The van der Waals surface area contributed by atoms with Crippen molar-refractivity contribution in [3.63, 3.8) is 0 Å². The van der Waals surface area contributed by atoms with Gasteiger partial charge in [-0.2, -0.15) is 0 Å². The van der Waals surface area contributed by atoms with Gasteiger partial charge in [-0.05, 0) is 73.8 Å². The van der Waals surface area contributed by atoms with Crippen LogP contribution in [-0.4, -0.2) is 55.3 Å². The second-order valence-electron chi connectivity index (χ2n) is 9.43. The number of aryl methyl sites for hydroxylation is 1. The molecule has 4 rings (SSSR count). The molecule has 0 radical (unpaired) electrons. The molecule has 0 aliphatic carbocycles. The van der Waals surface area contributed by atoms with Gasteiger partial charge in [0.1, 0.15) is 0 Å². The van der Waals surface area contributed by atoms with Gasteiger partial charge in [0.25, 0.3) is 0 Å². The molecule has 2 N–H and O–H groups in total. The average molecular weight is 483 g/mol. The number of nitrogens with one attached hydrogen (secondary N) is 2. The van der Waals surface area contributed by atoms with Gasteiger partial charge in [0.05, 0.1) is 0 Å². The second-order valence-corrected chi connectivity index (χ2v) is 10.4. The van der Waals surface area contributed by atoms with Crippen molar-refractivity contribution in [2.45, 2.75) is 45.4 Å². The van der Waals surface area contributed by atoms with E-state index < -0.39 is 11.8 Å². The van der Waals surface area contributed by atoms with Crippen molar-refractivity contribution in [1.82, 2.24) is 10.2 Å². The Labute approximate surface area is 205 Å². The molecule has 2 aliphatic heterocycles. The van der Waals surface area contributed by atoms with Crippen LogP contribution in [0.15, 0.2) is 35.7 Å². The van der Waals surface area contributed by atoms with Crippen LogP contribution >= 0.6 is 11.3 Å². The first-order chi connectivity index (χ1) is 16.4. The Balaban J connectivity index is 1.24. The molecular weight excluding hydrogens is 448 g/mol. The summed E-state index contributed by atoms with van der Waals surface area (Å²) in [6.45, 7) is 7.64. The van der Waals surface area contributed by atoms with Crippen LogP contribution in [0.5, 0.6) is 0 Å². The van der Waals surface area contributed by atoms with Gasteiger partial charge < -0.3 is 20.4 Å². The van der Waals surface area contributed by atoms with E-state index in [1.54, 1.807) is 17.0 Å². The highest BCUT2D eigenvalue weighted by Crippen LogP contribution is 2.32. The molecule has 7 nitrogen and oxygen atoms in total. The first kappa shape index (κ1) is 24.4. The Bertz CT molecular complexity index is 1010. The normalized spacial score (nSPS) is 16.9. The fourth-order valence-electron chi connectivity index (χ4n) is 4.75. The minimum Gasteiger partial charge on any atom is -0.347 e. The first-order valence-corrected chi connectivity index (χ1v) is 13.1. The van der Waals surface area contributed by atoms with Gasteiger partial charge in [0.2, 0.25) is 5.91 Å². The lowest BCUT2D eigenvalue weighted by Gasteiger charge is -2.31. The molecule has 1 aromatic carbocycles. The van der Waals surface area contributed by atoms with E-state index in [4.69, 9.17) is 0 Å². The van der Waals surface area contributed by atoms with Crippen LogP contribution in [0.1, 0.15) is 49.5 Å². The van der Waals surface area contributed by atoms with E-state index in [2.05, 4.69) is 33.0 Å². The summed E-state index contributed by atoms with van der Waals surface area (Å²) < 4.78 is 0. The number of fused-ring (bicyclic) bond motifs is 1. The van der Waals surface area contributed by atoms with E-state index in [1.165, 1.54) is 4.88 Å².